The van der Waals surface area contributed by atoms with Gasteiger partial charge in [0.05, 0.1) is 4.92 Å². The van der Waals surface area contributed by atoms with Crippen molar-refractivity contribution in [1.29, 1.82) is 0 Å². The van der Waals surface area contributed by atoms with E-state index in [1.165, 1.54) is 0 Å². The van der Waals surface area contributed by atoms with Gasteiger partial charge in [0.1, 0.15) is 5.69 Å². The second-order valence-electron chi connectivity index (χ2n) is 4.88. The van der Waals surface area contributed by atoms with Gasteiger partial charge in [-0.1, -0.05) is 32.9 Å². The highest BCUT2D eigenvalue weighted by Crippen LogP contribution is 2.45. The second kappa shape index (κ2) is 3.47. The summed E-state index contributed by atoms with van der Waals surface area (Å²) < 4.78 is 0. The highest BCUT2D eigenvalue weighted by molar-refractivity contribution is 5.72. The van der Waals surface area contributed by atoms with E-state index in [9.17, 15) is 10.1 Å². The number of hydrogen-bond donors (Lipinski definition) is 1. The summed E-state index contributed by atoms with van der Waals surface area (Å²) in [4.78, 5) is 10.6. The average Bonchev–Trinajstić information content (AvgIpc) is 2.58. The standard InChI is InChI=1S/C12H16N2O2/c1-8(2)12(3)7-13-11-9(12)5-4-6-10(11)14(15)16/h4-6,8,13H,7H2,1-3H3. The quantitative estimate of drug-likeness (QED) is 0.615. The normalized spacial score (nSPS) is 23.0. The predicted octanol–water partition coefficient (Wildman–Crippen LogP) is 2.93. The van der Waals surface area contributed by atoms with Crippen LogP contribution in [0.1, 0.15) is 26.3 Å². The minimum absolute atomic E-state index is 0.0125. The van der Waals surface area contributed by atoms with Crippen LogP contribution in [0.4, 0.5) is 11.4 Å². The van der Waals surface area contributed by atoms with Gasteiger partial charge in [-0.05, 0) is 11.5 Å². The van der Waals surface area contributed by atoms with Gasteiger partial charge in [-0.25, -0.2) is 0 Å². The molecule has 0 amide bonds. The van der Waals surface area contributed by atoms with Crippen molar-refractivity contribution in [3.63, 3.8) is 0 Å². The molecule has 1 aromatic carbocycles. The van der Waals surface area contributed by atoms with Gasteiger partial charge in [-0.15, -0.1) is 0 Å². The fraction of sp³-hybridized carbons (Fsp3) is 0.500. The molecule has 0 radical (unpaired) electrons. The van der Waals surface area contributed by atoms with Crippen molar-refractivity contribution in [2.45, 2.75) is 26.2 Å². The fourth-order valence-electron chi connectivity index (χ4n) is 2.24. The maximum Gasteiger partial charge on any atom is 0.292 e. The van der Waals surface area contributed by atoms with Crippen molar-refractivity contribution in [2.24, 2.45) is 5.92 Å². The average molecular weight is 220 g/mol. The first kappa shape index (κ1) is 10.9. The highest BCUT2D eigenvalue weighted by Gasteiger charge is 2.40. The van der Waals surface area contributed by atoms with Gasteiger partial charge in [0.2, 0.25) is 0 Å². The summed E-state index contributed by atoms with van der Waals surface area (Å²) in [5, 5.41) is 14.1. The zero-order valence-corrected chi connectivity index (χ0v) is 9.78. The van der Waals surface area contributed by atoms with Crippen molar-refractivity contribution in [3.8, 4) is 0 Å². The summed E-state index contributed by atoms with van der Waals surface area (Å²) in [6, 6.07) is 5.31. The molecule has 1 heterocycles. The van der Waals surface area contributed by atoms with Gasteiger partial charge in [0.25, 0.3) is 5.69 Å². The third kappa shape index (κ3) is 1.37. The van der Waals surface area contributed by atoms with E-state index < -0.39 is 0 Å². The third-order valence-corrected chi connectivity index (χ3v) is 3.76. The molecule has 0 saturated carbocycles. The summed E-state index contributed by atoms with van der Waals surface area (Å²) in [5.74, 6) is 0.447. The number of nitrogens with zero attached hydrogens (tertiary/aromatic N) is 1. The Labute approximate surface area is 94.8 Å². The maximum absolute atomic E-state index is 10.9. The van der Waals surface area contributed by atoms with Crippen LogP contribution in [0, 0.1) is 16.0 Å². The topological polar surface area (TPSA) is 55.2 Å². The fourth-order valence-corrected chi connectivity index (χ4v) is 2.24. The Hall–Kier alpha value is -1.58. The maximum atomic E-state index is 10.9. The Kier molecular flexibility index (Phi) is 2.37. The van der Waals surface area contributed by atoms with Crippen LogP contribution in [0.15, 0.2) is 18.2 Å². The monoisotopic (exact) mass is 220 g/mol. The van der Waals surface area contributed by atoms with E-state index in [4.69, 9.17) is 0 Å². The Morgan fingerprint density at radius 2 is 2.19 bits per heavy atom. The molecule has 0 saturated heterocycles. The first-order valence-corrected chi connectivity index (χ1v) is 5.48. The molecule has 0 aromatic heterocycles. The summed E-state index contributed by atoms with van der Waals surface area (Å²) in [6.07, 6.45) is 0. The number of anilines is 1. The molecule has 86 valence electrons. The molecule has 1 aromatic rings. The zero-order chi connectivity index (χ0) is 11.9. The lowest BCUT2D eigenvalue weighted by atomic mass is 9.75. The smallest absolute Gasteiger partial charge is 0.292 e. The molecule has 1 atom stereocenters. The molecule has 4 heteroatoms. The Morgan fingerprint density at radius 3 is 2.75 bits per heavy atom. The molecular weight excluding hydrogens is 204 g/mol. The molecule has 4 nitrogen and oxygen atoms in total. The van der Waals surface area contributed by atoms with Crippen molar-refractivity contribution in [2.75, 3.05) is 11.9 Å². The minimum atomic E-state index is -0.322. The van der Waals surface area contributed by atoms with Crippen molar-refractivity contribution in [3.05, 3.63) is 33.9 Å². The summed E-state index contributed by atoms with van der Waals surface area (Å²) in [6.45, 7) is 7.22. The van der Waals surface area contributed by atoms with E-state index >= 15 is 0 Å². The molecule has 0 aliphatic carbocycles. The van der Waals surface area contributed by atoms with Gasteiger partial charge in [-0.2, -0.15) is 0 Å². The third-order valence-electron chi connectivity index (χ3n) is 3.76. The lowest BCUT2D eigenvalue weighted by Crippen LogP contribution is -2.30. The van der Waals surface area contributed by atoms with E-state index in [-0.39, 0.29) is 16.0 Å². The lowest BCUT2D eigenvalue weighted by molar-refractivity contribution is -0.383. The number of fused-ring (bicyclic) bond motifs is 1. The number of hydrogen-bond acceptors (Lipinski definition) is 3. The number of benzene rings is 1. The predicted molar refractivity (Wildman–Crippen MR) is 63.8 cm³/mol. The van der Waals surface area contributed by atoms with Crippen molar-refractivity contribution < 1.29 is 4.92 Å². The summed E-state index contributed by atoms with van der Waals surface area (Å²) >= 11 is 0. The van der Waals surface area contributed by atoms with Crippen LogP contribution in [0.3, 0.4) is 0 Å². The van der Waals surface area contributed by atoms with Crippen molar-refractivity contribution >= 4 is 11.4 Å². The van der Waals surface area contributed by atoms with Crippen LogP contribution >= 0.6 is 0 Å². The second-order valence-corrected chi connectivity index (χ2v) is 4.88. The Morgan fingerprint density at radius 1 is 1.50 bits per heavy atom. The van der Waals surface area contributed by atoms with E-state index in [1.54, 1.807) is 12.1 Å². The molecule has 1 aliphatic heterocycles. The first-order chi connectivity index (χ1) is 7.47. The number of nitrogens with one attached hydrogen (secondary N) is 1. The molecule has 1 unspecified atom stereocenters. The zero-order valence-electron chi connectivity index (χ0n) is 9.78. The summed E-state index contributed by atoms with van der Waals surface area (Å²) in [5.41, 5.74) is 1.93. The Balaban J connectivity index is 2.58. The molecule has 0 bridgehead atoms. The van der Waals surface area contributed by atoms with Gasteiger partial charge >= 0.3 is 0 Å². The van der Waals surface area contributed by atoms with Crippen LogP contribution in [-0.2, 0) is 5.41 Å². The number of nitro benzene ring substituents is 1. The van der Waals surface area contributed by atoms with E-state index in [0.717, 1.165) is 12.1 Å². The van der Waals surface area contributed by atoms with Crippen LogP contribution in [-0.4, -0.2) is 11.5 Å². The van der Waals surface area contributed by atoms with E-state index in [0.29, 0.717) is 11.6 Å². The van der Waals surface area contributed by atoms with Gasteiger partial charge in [-0.3, -0.25) is 10.1 Å². The lowest BCUT2D eigenvalue weighted by Gasteiger charge is -2.28. The van der Waals surface area contributed by atoms with Gasteiger partial charge in [0, 0.05) is 18.0 Å². The molecule has 2 rings (SSSR count). The molecule has 1 N–H and O–H groups in total. The van der Waals surface area contributed by atoms with E-state index in [2.05, 4.69) is 26.1 Å². The summed E-state index contributed by atoms with van der Waals surface area (Å²) in [7, 11) is 0. The highest BCUT2D eigenvalue weighted by atomic mass is 16.6. The number of nitro groups is 1. The van der Waals surface area contributed by atoms with Crippen LogP contribution < -0.4 is 5.32 Å². The molecule has 16 heavy (non-hydrogen) atoms. The van der Waals surface area contributed by atoms with E-state index in [1.807, 2.05) is 6.07 Å². The van der Waals surface area contributed by atoms with Crippen LogP contribution in [0.2, 0.25) is 0 Å². The van der Waals surface area contributed by atoms with Crippen LogP contribution in [0.25, 0.3) is 0 Å². The number of para-hydroxylation sites is 1. The molecular formula is C12H16N2O2. The molecule has 0 spiro atoms. The molecule has 1 aliphatic rings. The van der Waals surface area contributed by atoms with Crippen molar-refractivity contribution in [1.82, 2.24) is 0 Å². The largest absolute Gasteiger partial charge is 0.378 e. The molecule has 0 fully saturated rings. The van der Waals surface area contributed by atoms with Crippen LogP contribution in [0.5, 0.6) is 0 Å². The van der Waals surface area contributed by atoms with Gasteiger partial charge in [0.15, 0.2) is 0 Å². The first-order valence-electron chi connectivity index (χ1n) is 5.48. The SMILES string of the molecule is CC(C)C1(C)CNc2c([N+](=O)[O-])cccc21. The number of rotatable bonds is 2. The Bertz CT molecular complexity index is 443. The minimum Gasteiger partial charge on any atom is -0.378 e. The van der Waals surface area contributed by atoms with Gasteiger partial charge < -0.3 is 5.32 Å².